The van der Waals surface area contributed by atoms with Gasteiger partial charge in [-0.25, -0.2) is 4.39 Å². The van der Waals surface area contributed by atoms with Crippen LogP contribution in [0, 0.1) is 17.7 Å². The summed E-state index contributed by atoms with van der Waals surface area (Å²) in [4.78, 5) is 1.92. The Morgan fingerprint density at radius 2 is 1.67 bits per heavy atom. The largest absolute Gasteiger partial charge is 0.419 e. The summed E-state index contributed by atoms with van der Waals surface area (Å²) in [7, 11) is 0. The Balaban J connectivity index is 2.30. The van der Waals surface area contributed by atoms with Crippen LogP contribution in [0.3, 0.4) is 0 Å². The van der Waals surface area contributed by atoms with Crippen molar-refractivity contribution in [2.75, 3.05) is 31.1 Å². The van der Waals surface area contributed by atoms with E-state index >= 15 is 0 Å². The van der Waals surface area contributed by atoms with E-state index in [0.717, 1.165) is 25.2 Å². The maximum absolute atomic E-state index is 13.4. The summed E-state index contributed by atoms with van der Waals surface area (Å²) < 4.78 is 51.9. The minimum atomic E-state index is -4.67. The second kappa shape index (κ2) is 6.22. The first-order valence-corrected chi connectivity index (χ1v) is 7.09. The van der Waals surface area contributed by atoms with E-state index in [9.17, 15) is 17.6 Å². The molecule has 0 aromatic heterocycles. The molecule has 1 heterocycles. The van der Waals surface area contributed by atoms with Gasteiger partial charge in [0.25, 0.3) is 0 Å². The fourth-order valence-electron chi connectivity index (χ4n) is 2.67. The van der Waals surface area contributed by atoms with Crippen LogP contribution in [-0.2, 0) is 6.18 Å². The van der Waals surface area contributed by atoms with E-state index < -0.39 is 17.6 Å². The Bertz CT molecular complexity index is 475. The van der Waals surface area contributed by atoms with E-state index in [1.54, 1.807) is 0 Å². The van der Waals surface area contributed by atoms with E-state index in [4.69, 9.17) is 0 Å². The van der Waals surface area contributed by atoms with Gasteiger partial charge in [-0.1, -0.05) is 13.8 Å². The van der Waals surface area contributed by atoms with Crippen molar-refractivity contribution >= 4 is 5.69 Å². The summed E-state index contributed by atoms with van der Waals surface area (Å²) in [6.45, 7) is 7.05. The molecule has 0 amide bonds. The monoisotopic (exact) mass is 304 g/mol. The quantitative estimate of drug-likeness (QED) is 0.799. The molecule has 2 unspecified atom stereocenters. The number of benzene rings is 1. The molecule has 2 nitrogen and oxygen atoms in total. The molecular formula is C15H20F4N2. The molecule has 0 spiro atoms. The smallest absolute Gasteiger partial charge is 0.371 e. The number of nitrogens with one attached hydrogen (secondary N) is 1. The van der Waals surface area contributed by atoms with Crippen molar-refractivity contribution < 1.29 is 17.6 Å². The SMILES string of the molecule is CC1CNCC(C)CN(c2ccc(F)c(C(F)(F)F)c2)C1. The van der Waals surface area contributed by atoms with Crippen LogP contribution in [0.15, 0.2) is 18.2 Å². The van der Waals surface area contributed by atoms with Gasteiger partial charge in [0.2, 0.25) is 0 Å². The third kappa shape index (κ3) is 4.09. The Hall–Kier alpha value is -1.30. The molecular weight excluding hydrogens is 284 g/mol. The predicted octanol–water partition coefficient (Wildman–Crippen LogP) is 3.53. The van der Waals surface area contributed by atoms with Crippen molar-refractivity contribution in [3.63, 3.8) is 0 Å². The molecule has 0 radical (unpaired) electrons. The van der Waals surface area contributed by atoms with Gasteiger partial charge in [-0.05, 0) is 43.1 Å². The molecule has 1 fully saturated rings. The van der Waals surface area contributed by atoms with Gasteiger partial charge in [-0.3, -0.25) is 0 Å². The predicted molar refractivity (Wildman–Crippen MR) is 74.8 cm³/mol. The van der Waals surface area contributed by atoms with Crippen LogP contribution in [0.5, 0.6) is 0 Å². The third-order valence-electron chi connectivity index (χ3n) is 3.67. The highest BCUT2D eigenvalue weighted by molar-refractivity contribution is 5.50. The highest BCUT2D eigenvalue weighted by Gasteiger charge is 2.34. The van der Waals surface area contributed by atoms with Gasteiger partial charge in [0, 0.05) is 18.8 Å². The number of hydrogen-bond acceptors (Lipinski definition) is 2. The number of halogens is 4. The van der Waals surface area contributed by atoms with Crippen LogP contribution in [0.4, 0.5) is 23.2 Å². The maximum Gasteiger partial charge on any atom is 0.419 e. The molecule has 1 saturated heterocycles. The van der Waals surface area contributed by atoms with Crippen LogP contribution in [0.1, 0.15) is 19.4 Å². The summed E-state index contributed by atoms with van der Waals surface area (Å²) in [6.07, 6.45) is -4.67. The zero-order valence-electron chi connectivity index (χ0n) is 12.2. The molecule has 1 aromatic rings. The van der Waals surface area contributed by atoms with E-state index in [1.165, 1.54) is 6.07 Å². The van der Waals surface area contributed by atoms with Gasteiger partial charge < -0.3 is 10.2 Å². The van der Waals surface area contributed by atoms with Gasteiger partial charge in [-0.15, -0.1) is 0 Å². The zero-order valence-corrected chi connectivity index (χ0v) is 12.2. The lowest BCUT2D eigenvalue weighted by Gasteiger charge is -2.33. The lowest BCUT2D eigenvalue weighted by Crippen LogP contribution is -2.42. The van der Waals surface area contributed by atoms with Gasteiger partial charge in [0.05, 0.1) is 5.56 Å². The van der Waals surface area contributed by atoms with Crippen molar-refractivity contribution in [1.29, 1.82) is 0 Å². The number of hydrogen-bond donors (Lipinski definition) is 1. The maximum atomic E-state index is 13.4. The Morgan fingerprint density at radius 1 is 1.10 bits per heavy atom. The average Bonchev–Trinajstić information content (AvgIpc) is 2.35. The molecule has 0 saturated carbocycles. The molecule has 2 atom stereocenters. The van der Waals surface area contributed by atoms with Crippen LogP contribution < -0.4 is 10.2 Å². The Kier molecular flexibility index (Phi) is 4.76. The first kappa shape index (κ1) is 16.1. The van der Waals surface area contributed by atoms with Gasteiger partial charge in [0.1, 0.15) is 5.82 Å². The summed E-state index contributed by atoms with van der Waals surface area (Å²) >= 11 is 0. The van der Waals surface area contributed by atoms with Crippen molar-refractivity contribution in [2.45, 2.75) is 20.0 Å². The summed E-state index contributed by atoms with van der Waals surface area (Å²) in [5, 5.41) is 3.34. The standard InChI is InChI=1S/C15H20F4N2/c1-10-6-20-7-11(2)9-21(8-10)12-3-4-14(16)13(5-12)15(17,18)19/h3-5,10-11,20H,6-9H2,1-2H3. The van der Waals surface area contributed by atoms with E-state index in [0.29, 0.717) is 30.6 Å². The average molecular weight is 304 g/mol. The van der Waals surface area contributed by atoms with E-state index in [1.807, 2.05) is 18.7 Å². The van der Waals surface area contributed by atoms with Crippen molar-refractivity contribution in [3.05, 3.63) is 29.6 Å². The van der Waals surface area contributed by atoms with E-state index in [2.05, 4.69) is 5.32 Å². The van der Waals surface area contributed by atoms with E-state index in [-0.39, 0.29) is 0 Å². The number of rotatable bonds is 1. The van der Waals surface area contributed by atoms with Crippen LogP contribution in [0.2, 0.25) is 0 Å². The van der Waals surface area contributed by atoms with Gasteiger partial charge in [-0.2, -0.15) is 13.2 Å². The molecule has 1 aliphatic heterocycles. The fraction of sp³-hybridized carbons (Fsp3) is 0.600. The van der Waals surface area contributed by atoms with Crippen LogP contribution in [0.25, 0.3) is 0 Å². The third-order valence-corrected chi connectivity index (χ3v) is 3.67. The van der Waals surface area contributed by atoms with Crippen molar-refractivity contribution in [3.8, 4) is 0 Å². The van der Waals surface area contributed by atoms with Crippen molar-refractivity contribution in [2.24, 2.45) is 11.8 Å². The molecule has 1 aromatic carbocycles. The molecule has 6 heteroatoms. The molecule has 2 rings (SSSR count). The second-order valence-corrected chi connectivity index (χ2v) is 5.94. The number of anilines is 1. The lowest BCUT2D eigenvalue weighted by atomic mass is 10.0. The first-order chi connectivity index (χ1) is 9.77. The number of alkyl halides is 3. The molecule has 0 aliphatic carbocycles. The molecule has 118 valence electrons. The topological polar surface area (TPSA) is 15.3 Å². The Labute approximate surface area is 122 Å². The molecule has 1 aliphatic rings. The number of nitrogens with zero attached hydrogens (tertiary/aromatic N) is 1. The van der Waals surface area contributed by atoms with Crippen molar-refractivity contribution in [1.82, 2.24) is 5.32 Å². The second-order valence-electron chi connectivity index (χ2n) is 5.94. The summed E-state index contributed by atoms with van der Waals surface area (Å²) in [5.41, 5.74) is -0.759. The summed E-state index contributed by atoms with van der Waals surface area (Å²) in [5.74, 6) is -0.588. The van der Waals surface area contributed by atoms with Gasteiger partial charge >= 0.3 is 6.18 Å². The molecule has 21 heavy (non-hydrogen) atoms. The normalized spacial score (nSPS) is 24.6. The minimum absolute atomic E-state index is 0.317. The Morgan fingerprint density at radius 3 is 2.19 bits per heavy atom. The van der Waals surface area contributed by atoms with Crippen LogP contribution in [-0.4, -0.2) is 26.2 Å². The highest BCUT2D eigenvalue weighted by atomic mass is 19.4. The van der Waals surface area contributed by atoms with Crippen LogP contribution >= 0.6 is 0 Å². The zero-order chi connectivity index (χ0) is 15.6. The molecule has 1 N–H and O–H groups in total. The lowest BCUT2D eigenvalue weighted by molar-refractivity contribution is -0.139. The summed E-state index contributed by atoms with van der Waals surface area (Å²) in [6, 6.07) is 3.26. The van der Waals surface area contributed by atoms with Gasteiger partial charge in [0.15, 0.2) is 0 Å². The highest BCUT2D eigenvalue weighted by Crippen LogP contribution is 2.34. The molecule has 0 bridgehead atoms. The minimum Gasteiger partial charge on any atom is -0.371 e. The first-order valence-electron chi connectivity index (χ1n) is 7.09. The fourth-order valence-corrected chi connectivity index (χ4v) is 2.67.